The van der Waals surface area contributed by atoms with Gasteiger partial charge in [0.2, 0.25) is 0 Å². The Balaban J connectivity index is 2.11. The smallest absolute Gasteiger partial charge is 0.309 e. The number of carbonyl (C=O) groups is 1. The molecule has 0 saturated heterocycles. The zero-order chi connectivity index (χ0) is 14.3. The summed E-state index contributed by atoms with van der Waals surface area (Å²) in [5.74, 6) is -0.874. The maximum atomic E-state index is 10.8. The fraction of sp³-hybridized carbons (Fsp3) is 0.0769. The van der Waals surface area contributed by atoms with E-state index in [9.17, 15) is 4.79 Å². The van der Waals surface area contributed by atoms with Crippen LogP contribution in [0.5, 0.6) is 0 Å². The molecule has 2 aromatic heterocycles. The average molecular weight is 327 g/mol. The molecule has 0 unspecified atom stereocenters. The van der Waals surface area contributed by atoms with Gasteiger partial charge in [-0.2, -0.15) is 0 Å². The van der Waals surface area contributed by atoms with Crippen LogP contribution in [-0.2, 0) is 11.2 Å². The largest absolute Gasteiger partial charge is 0.481 e. The first kappa shape index (κ1) is 13.4. The molecule has 0 aliphatic rings. The van der Waals surface area contributed by atoms with Crippen LogP contribution in [0.3, 0.4) is 0 Å². The van der Waals surface area contributed by atoms with Gasteiger partial charge >= 0.3 is 5.97 Å². The van der Waals surface area contributed by atoms with Crippen LogP contribution in [-0.4, -0.2) is 20.5 Å². The number of carboxylic acids is 1. The minimum absolute atomic E-state index is 0.0426. The SMILES string of the molecule is O=C(O)Cc1csc2nc(-c3cccc(Cl)c3Cl)cn12. The highest BCUT2D eigenvalue weighted by atomic mass is 35.5. The number of thiazole rings is 1. The van der Waals surface area contributed by atoms with E-state index in [1.165, 1.54) is 11.3 Å². The van der Waals surface area contributed by atoms with E-state index < -0.39 is 5.97 Å². The Bertz CT molecular complexity index is 810. The highest BCUT2D eigenvalue weighted by Crippen LogP contribution is 2.33. The van der Waals surface area contributed by atoms with Crippen LogP contribution in [0.25, 0.3) is 16.2 Å². The fourth-order valence-corrected chi connectivity index (χ4v) is 3.21. The zero-order valence-electron chi connectivity index (χ0n) is 10.0. The van der Waals surface area contributed by atoms with E-state index in [0.29, 0.717) is 21.4 Å². The monoisotopic (exact) mass is 326 g/mol. The predicted octanol–water partition coefficient (Wildman–Crippen LogP) is 4.00. The molecule has 0 atom stereocenters. The van der Waals surface area contributed by atoms with E-state index in [1.807, 2.05) is 6.07 Å². The van der Waals surface area contributed by atoms with Crippen LogP contribution in [0.1, 0.15) is 5.69 Å². The molecule has 1 N–H and O–H groups in total. The molecule has 0 amide bonds. The molecular weight excluding hydrogens is 319 g/mol. The Labute approximate surface area is 128 Å². The van der Waals surface area contributed by atoms with Crippen LogP contribution >= 0.6 is 34.5 Å². The van der Waals surface area contributed by atoms with Crippen molar-refractivity contribution in [1.29, 1.82) is 0 Å². The van der Waals surface area contributed by atoms with Gasteiger partial charge in [0.1, 0.15) is 0 Å². The number of nitrogens with zero attached hydrogens (tertiary/aromatic N) is 2. The fourth-order valence-electron chi connectivity index (χ4n) is 1.94. The number of hydrogen-bond acceptors (Lipinski definition) is 3. The average Bonchev–Trinajstić information content (AvgIpc) is 2.94. The van der Waals surface area contributed by atoms with Crippen molar-refractivity contribution in [2.75, 3.05) is 0 Å². The van der Waals surface area contributed by atoms with Gasteiger partial charge in [-0.25, -0.2) is 4.98 Å². The van der Waals surface area contributed by atoms with Crippen molar-refractivity contribution in [3.8, 4) is 11.3 Å². The van der Waals surface area contributed by atoms with Gasteiger partial charge in [0.15, 0.2) is 4.96 Å². The number of fused-ring (bicyclic) bond motifs is 1. The lowest BCUT2D eigenvalue weighted by Gasteiger charge is -2.01. The number of aliphatic carboxylic acids is 1. The number of carboxylic acid groups (broad SMARTS) is 1. The van der Waals surface area contributed by atoms with E-state index in [2.05, 4.69) is 4.98 Å². The molecule has 20 heavy (non-hydrogen) atoms. The Morgan fingerprint density at radius 3 is 2.95 bits per heavy atom. The van der Waals surface area contributed by atoms with E-state index in [-0.39, 0.29) is 6.42 Å². The number of imidazole rings is 1. The normalized spacial score (nSPS) is 11.1. The molecule has 4 nitrogen and oxygen atoms in total. The highest BCUT2D eigenvalue weighted by Gasteiger charge is 2.14. The second kappa shape index (κ2) is 5.09. The molecule has 0 aliphatic heterocycles. The molecule has 0 fully saturated rings. The van der Waals surface area contributed by atoms with Crippen LogP contribution in [0.15, 0.2) is 29.8 Å². The minimum Gasteiger partial charge on any atom is -0.481 e. The third-order valence-electron chi connectivity index (χ3n) is 2.84. The molecule has 0 bridgehead atoms. The van der Waals surface area contributed by atoms with Crippen molar-refractivity contribution in [3.63, 3.8) is 0 Å². The summed E-state index contributed by atoms with van der Waals surface area (Å²) in [6.07, 6.45) is 1.74. The molecule has 1 aromatic carbocycles. The van der Waals surface area contributed by atoms with Crippen molar-refractivity contribution in [3.05, 3.63) is 45.5 Å². The first-order chi connectivity index (χ1) is 9.56. The van der Waals surface area contributed by atoms with Crippen molar-refractivity contribution in [2.45, 2.75) is 6.42 Å². The summed E-state index contributed by atoms with van der Waals surface area (Å²) in [7, 11) is 0. The van der Waals surface area contributed by atoms with Crippen molar-refractivity contribution >= 4 is 45.5 Å². The van der Waals surface area contributed by atoms with Crippen LogP contribution in [0, 0.1) is 0 Å². The number of rotatable bonds is 3. The summed E-state index contributed by atoms with van der Waals surface area (Å²) in [4.78, 5) is 16.0. The lowest BCUT2D eigenvalue weighted by atomic mass is 10.2. The van der Waals surface area contributed by atoms with E-state index in [1.54, 1.807) is 28.1 Å². The number of aromatic nitrogens is 2. The van der Waals surface area contributed by atoms with Gasteiger partial charge in [-0.05, 0) is 6.07 Å². The van der Waals surface area contributed by atoms with E-state index in [4.69, 9.17) is 28.3 Å². The minimum atomic E-state index is -0.874. The van der Waals surface area contributed by atoms with Gasteiger partial charge in [-0.3, -0.25) is 9.20 Å². The molecule has 3 aromatic rings. The summed E-state index contributed by atoms with van der Waals surface area (Å²) in [5, 5.41) is 11.6. The molecule has 3 rings (SSSR count). The summed E-state index contributed by atoms with van der Waals surface area (Å²) >= 11 is 13.6. The standard InChI is InChI=1S/C13H8Cl2N2O2S/c14-9-3-1-2-8(12(9)15)10-5-17-7(4-11(18)19)6-20-13(17)16-10/h1-3,5-6H,4H2,(H,18,19). The second-order valence-electron chi connectivity index (χ2n) is 4.18. The Morgan fingerprint density at radius 2 is 2.20 bits per heavy atom. The summed E-state index contributed by atoms with van der Waals surface area (Å²) in [6, 6.07) is 5.34. The quantitative estimate of drug-likeness (QED) is 0.791. The molecule has 2 heterocycles. The topological polar surface area (TPSA) is 54.6 Å². The third kappa shape index (κ3) is 2.28. The van der Waals surface area contributed by atoms with E-state index in [0.717, 1.165) is 10.5 Å². The van der Waals surface area contributed by atoms with E-state index >= 15 is 0 Å². The summed E-state index contributed by atoms with van der Waals surface area (Å²) in [6.45, 7) is 0. The lowest BCUT2D eigenvalue weighted by Crippen LogP contribution is -2.02. The Kier molecular flexibility index (Phi) is 3.41. The first-order valence-corrected chi connectivity index (χ1v) is 7.31. The number of hydrogen-bond donors (Lipinski definition) is 1. The lowest BCUT2D eigenvalue weighted by molar-refractivity contribution is -0.136. The molecule has 7 heteroatoms. The molecule has 102 valence electrons. The Morgan fingerprint density at radius 1 is 1.40 bits per heavy atom. The number of halogens is 2. The zero-order valence-corrected chi connectivity index (χ0v) is 12.3. The van der Waals surface area contributed by atoms with Crippen LogP contribution in [0.2, 0.25) is 10.0 Å². The van der Waals surface area contributed by atoms with Crippen molar-refractivity contribution in [1.82, 2.24) is 9.38 Å². The van der Waals surface area contributed by atoms with Gasteiger partial charge in [0, 0.05) is 22.8 Å². The highest BCUT2D eigenvalue weighted by molar-refractivity contribution is 7.15. The molecule has 0 radical (unpaired) electrons. The number of benzene rings is 1. The molecular formula is C13H8Cl2N2O2S. The van der Waals surface area contributed by atoms with Gasteiger partial charge in [0.05, 0.1) is 22.2 Å². The Hall–Kier alpha value is -1.56. The van der Waals surface area contributed by atoms with Crippen LogP contribution in [0.4, 0.5) is 0 Å². The van der Waals surface area contributed by atoms with Gasteiger partial charge in [-0.15, -0.1) is 11.3 Å². The van der Waals surface area contributed by atoms with Crippen molar-refractivity contribution in [2.24, 2.45) is 0 Å². The van der Waals surface area contributed by atoms with Gasteiger partial charge in [-0.1, -0.05) is 35.3 Å². The molecule has 0 spiro atoms. The van der Waals surface area contributed by atoms with Gasteiger partial charge in [0.25, 0.3) is 0 Å². The molecule has 0 aliphatic carbocycles. The van der Waals surface area contributed by atoms with Crippen molar-refractivity contribution < 1.29 is 9.90 Å². The maximum Gasteiger partial charge on any atom is 0.309 e. The molecule has 0 saturated carbocycles. The first-order valence-electron chi connectivity index (χ1n) is 5.68. The third-order valence-corrected chi connectivity index (χ3v) is 4.55. The summed E-state index contributed by atoms with van der Waals surface area (Å²) < 4.78 is 1.77. The maximum absolute atomic E-state index is 10.8. The second-order valence-corrected chi connectivity index (χ2v) is 5.80. The van der Waals surface area contributed by atoms with Crippen LogP contribution < -0.4 is 0 Å². The summed E-state index contributed by atoms with van der Waals surface area (Å²) in [5.41, 5.74) is 2.10. The van der Waals surface area contributed by atoms with Gasteiger partial charge < -0.3 is 5.11 Å². The predicted molar refractivity (Wildman–Crippen MR) is 79.9 cm³/mol.